The molecule has 0 bridgehead atoms. The third-order valence-electron chi connectivity index (χ3n) is 3.44. The molecule has 1 N–H and O–H groups in total. The summed E-state index contributed by atoms with van der Waals surface area (Å²) in [5.41, 5.74) is 0.327. The van der Waals surface area contributed by atoms with Gasteiger partial charge in [-0.25, -0.2) is 0 Å². The molecule has 0 amide bonds. The van der Waals surface area contributed by atoms with E-state index in [0.717, 1.165) is 45.8 Å². The molecule has 1 rings (SSSR count). The van der Waals surface area contributed by atoms with Crippen molar-refractivity contribution < 1.29 is 4.74 Å². The van der Waals surface area contributed by atoms with Crippen LogP contribution in [0, 0.1) is 0 Å². The Morgan fingerprint density at radius 2 is 2.13 bits per heavy atom. The summed E-state index contributed by atoms with van der Waals surface area (Å²) in [7, 11) is 0. The lowest BCUT2D eigenvalue weighted by molar-refractivity contribution is 0.0319. The number of nitrogens with zero attached hydrogens (tertiary/aromatic N) is 1. The lowest BCUT2D eigenvalue weighted by atomic mass is 9.94. The Morgan fingerprint density at radius 3 is 2.80 bits per heavy atom. The van der Waals surface area contributed by atoms with E-state index in [2.05, 4.69) is 31.0 Å². The highest BCUT2D eigenvalue weighted by molar-refractivity contribution is 4.90. The standard InChI is InChI=1S/C12H26N2O/c1-4-9-15-10-8-14-7-6-13-11-12(14,3)5-2/h13H,4-11H2,1-3H3. The molecule has 1 saturated heterocycles. The van der Waals surface area contributed by atoms with Gasteiger partial charge in [-0.1, -0.05) is 13.8 Å². The molecule has 0 spiro atoms. The van der Waals surface area contributed by atoms with Crippen molar-refractivity contribution in [3.63, 3.8) is 0 Å². The number of nitrogens with one attached hydrogen (secondary N) is 1. The van der Waals surface area contributed by atoms with Crippen molar-refractivity contribution in [2.24, 2.45) is 0 Å². The average molecular weight is 214 g/mol. The molecule has 3 nitrogen and oxygen atoms in total. The van der Waals surface area contributed by atoms with Crippen molar-refractivity contribution in [3.8, 4) is 0 Å². The van der Waals surface area contributed by atoms with Crippen LogP contribution in [0.3, 0.4) is 0 Å². The molecule has 0 radical (unpaired) electrons. The highest BCUT2D eigenvalue weighted by atomic mass is 16.5. The van der Waals surface area contributed by atoms with Gasteiger partial charge in [-0.2, -0.15) is 0 Å². The first-order valence-electron chi connectivity index (χ1n) is 6.26. The van der Waals surface area contributed by atoms with E-state index in [1.165, 1.54) is 6.42 Å². The van der Waals surface area contributed by atoms with Crippen LogP contribution in [0.2, 0.25) is 0 Å². The number of hydrogen-bond donors (Lipinski definition) is 1. The van der Waals surface area contributed by atoms with Gasteiger partial charge in [0.1, 0.15) is 0 Å². The molecule has 3 heteroatoms. The van der Waals surface area contributed by atoms with E-state index in [9.17, 15) is 0 Å². The first-order valence-corrected chi connectivity index (χ1v) is 6.26. The topological polar surface area (TPSA) is 24.5 Å². The Kier molecular flexibility index (Phi) is 5.58. The van der Waals surface area contributed by atoms with Gasteiger partial charge < -0.3 is 10.1 Å². The molecular weight excluding hydrogens is 188 g/mol. The van der Waals surface area contributed by atoms with Crippen molar-refractivity contribution in [3.05, 3.63) is 0 Å². The van der Waals surface area contributed by atoms with Crippen LogP contribution in [-0.2, 0) is 4.74 Å². The lowest BCUT2D eigenvalue weighted by Gasteiger charge is -2.44. The first kappa shape index (κ1) is 12.9. The summed E-state index contributed by atoms with van der Waals surface area (Å²) in [6.45, 7) is 13.0. The Balaban J connectivity index is 2.30. The number of ether oxygens (including phenoxy) is 1. The van der Waals surface area contributed by atoms with Crippen molar-refractivity contribution >= 4 is 0 Å². The summed E-state index contributed by atoms with van der Waals surface area (Å²) in [6, 6.07) is 0. The van der Waals surface area contributed by atoms with Crippen LogP contribution < -0.4 is 5.32 Å². The second-order valence-corrected chi connectivity index (χ2v) is 4.63. The molecule has 0 aromatic heterocycles. The van der Waals surface area contributed by atoms with Crippen LogP contribution in [0.5, 0.6) is 0 Å². The second kappa shape index (κ2) is 6.46. The highest BCUT2D eigenvalue weighted by Gasteiger charge is 2.31. The summed E-state index contributed by atoms with van der Waals surface area (Å²) in [4.78, 5) is 2.57. The highest BCUT2D eigenvalue weighted by Crippen LogP contribution is 2.20. The summed E-state index contributed by atoms with van der Waals surface area (Å²) in [6.07, 6.45) is 2.32. The number of hydrogen-bond acceptors (Lipinski definition) is 3. The Labute approximate surface area is 94.2 Å². The van der Waals surface area contributed by atoms with Crippen molar-refractivity contribution in [2.45, 2.75) is 39.2 Å². The molecule has 0 aromatic rings. The maximum absolute atomic E-state index is 5.56. The zero-order valence-electron chi connectivity index (χ0n) is 10.5. The molecule has 90 valence electrons. The smallest absolute Gasteiger partial charge is 0.0593 e. The third-order valence-corrected chi connectivity index (χ3v) is 3.44. The van der Waals surface area contributed by atoms with Crippen LogP contribution in [0.1, 0.15) is 33.6 Å². The van der Waals surface area contributed by atoms with Crippen LogP contribution >= 0.6 is 0 Å². The van der Waals surface area contributed by atoms with E-state index in [1.807, 2.05) is 0 Å². The summed E-state index contributed by atoms with van der Waals surface area (Å²) < 4.78 is 5.56. The molecule has 1 fully saturated rings. The van der Waals surface area contributed by atoms with Crippen molar-refractivity contribution in [1.29, 1.82) is 0 Å². The SMILES string of the molecule is CCCOCCN1CCNCC1(C)CC. The van der Waals surface area contributed by atoms with E-state index < -0.39 is 0 Å². The van der Waals surface area contributed by atoms with Crippen LogP contribution in [0.15, 0.2) is 0 Å². The van der Waals surface area contributed by atoms with Crippen LogP contribution in [-0.4, -0.2) is 49.8 Å². The molecule has 1 unspecified atom stereocenters. The molecule has 1 aliphatic rings. The Morgan fingerprint density at radius 1 is 1.33 bits per heavy atom. The third kappa shape index (κ3) is 3.74. The molecule has 0 aromatic carbocycles. The zero-order valence-corrected chi connectivity index (χ0v) is 10.5. The second-order valence-electron chi connectivity index (χ2n) is 4.63. The molecule has 0 saturated carbocycles. The van der Waals surface area contributed by atoms with Crippen molar-refractivity contribution in [1.82, 2.24) is 10.2 Å². The maximum atomic E-state index is 5.56. The fourth-order valence-electron chi connectivity index (χ4n) is 2.10. The van der Waals surface area contributed by atoms with Gasteiger partial charge in [0.2, 0.25) is 0 Å². The minimum absolute atomic E-state index is 0.327. The summed E-state index contributed by atoms with van der Waals surface area (Å²) >= 11 is 0. The lowest BCUT2D eigenvalue weighted by Crippen LogP contribution is -2.59. The van der Waals surface area contributed by atoms with Gasteiger partial charge in [0.25, 0.3) is 0 Å². The zero-order chi connectivity index (χ0) is 11.1. The Hall–Kier alpha value is -0.120. The van der Waals surface area contributed by atoms with Crippen LogP contribution in [0.4, 0.5) is 0 Å². The summed E-state index contributed by atoms with van der Waals surface area (Å²) in [5, 5.41) is 3.48. The van der Waals surface area contributed by atoms with E-state index in [-0.39, 0.29) is 0 Å². The van der Waals surface area contributed by atoms with Gasteiger partial charge >= 0.3 is 0 Å². The van der Waals surface area contributed by atoms with E-state index in [0.29, 0.717) is 5.54 Å². The molecule has 1 heterocycles. The van der Waals surface area contributed by atoms with Gasteiger partial charge in [0, 0.05) is 38.3 Å². The fraction of sp³-hybridized carbons (Fsp3) is 1.00. The average Bonchev–Trinajstić information content (AvgIpc) is 2.27. The number of rotatable bonds is 6. The normalized spacial score (nSPS) is 28.2. The van der Waals surface area contributed by atoms with E-state index in [4.69, 9.17) is 4.74 Å². The van der Waals surface area contributed by atoms with E-state index >= 15 is 0 Å². The fourth-order valence-corrected chi connectivity index (χ4v) is 2.10. The van der Waals surface area contributed by atoms with Gasteiger partial charge in [-0.05, 0) is 19.8 Å². The van der Waals surface area contributed by atoms with Crippen LogP contribution in [0.25, 0.3) is 0 Å². The molecule has 1 atom stereocenters. The number of piperazine rings is 1. The Bertz CT molecular complexity index is 175. The minimum atomic E-state index is 0.327. The summed E-state index contributed by atoms with van der Waals surface area (Å²) in [5.74, 6) is 0. The predicted molar refractivity (Wildman–Crippen MR) is 64.2 cm³/mol. The largest absolute Gasteiger partial charge is 0.380 e. The monoisotopic (exact) mass is 214 g/mol. The van der Waals surface area contributed by atoms with Gasteiger partial charge in [0.05, 0.1) is 6.61 Å². The minimum Gasteiger partial charge on any atom is -0.380 e. The predicted octanol–water partition coefficient (Wildman–Crippen LogP) is 1.49. The molecule has 1 aliphatic heterocycles. The first-order chi connectivity index (χ1) is 7.23. The maximum Gasteiger partial charge on any atom is 0.0593 e. The molecular formula is C12H26N2O. The quantitative estimate of drug-likeness (QED) is 0.678. The van der Waals surface area contributed by atoms with Crippen molar-refractivity contribution in [2.75, 3.05) is 39.4 Å². The van der Waals surface area contributed by atoms with Gasteiger partial charge in [-0.3, -0.25) is 4.90 Å². The molecule has 15 heavy (non-hydrogen) atoms. The van der Waals surface area contributed by atoms with E-state index in [1.54, 1.807) is 0 Å². The van der Waals surface area contributed by atoms with Gasteiger partial charge in [0.15, 0.2) is 0 Å². The molecule has 0 aliphatic carbocycles. The van der Waals surface area contributed by atoms with Gasteiger partial charge in [-0.15, -0.1) is 0 Å².